The van der Waals surface area contributed by atoms with Crippen LogP contribution in [0.4, 0.5) is 0 Å². The van der Waals surface area contributed by atoms with Crippen molar-refractivity contribution >= 4 is 5.91 Å². The van der Waals surface area contributed by atoms with Gasteiger partial charge in [0.05, 0.1) is 6.10 Å². The molecule has 1 amide bonds. The molecule has 3 N–H and O–H groups in total. The summed E-state index contributed by atoms with van der Waals surface area (Å²) in [6, 6.07) is 0. The Morgan fingerprint density at radius 1 is 1.43 bits per heavy atom. The summed E-state index contributed by atoms with van der Waals surface area (Å²) < 4.78 is 0. The van der Waals surface area contributed by atoms with Crippen LogP contribution in [0.1, 0.15) is 34.1 Å². The number of carbonyl (C=O) groups is 1. The van der Waals surface area contributed by atoms with Crippen LogP contribution in [0, 0.1) is 0 Å². The molecule has 0 aromatic carbocycles. The Bertz CT molecular complexity index is 173. The number of aliphatic hydroxyl groups excluding tert-OH is 1. The van der Waals surface area contributed by atoms with Crippen molar-refractivity contribution in [1.29, 1.82) is 0 Å². The molecule has 0 aromatic rings. The zero-order chi connectivity index (χ0) is 11.2. The van der Waals surface area contributed by atoms with Gasteiger partial charge in [-0.2, -0.15) is 0 Å². The minimum absolute atomic E-state index is 0.0376. The van der Waals surface area contributed by atoms with Gasteiger partial charge in [-0.3, -0.25) is 4.79 Å². The summed E-state index contributed by atoms with van der Waals surface area (Å²) in [7, 11) is 0. The molecule has 0 saturated heterocycles. The first-order valence-electron chi connectivity index (χ1n) is 5.01. The first-order chi connectivity index (χ1) is 6.31. The first kappa shape index (κ1) is 13.4. The number of rotatable bonds is 5. The number of nitrogens with one attached hydrogen (secondary N) is 2. The van der Waals surface area contributed by atoms with Gasteiger partial charge in [0.15, 0.2) is 0 Å². The van der Waals surface area contributed by atoms with E-state index in [-0.39, 0.29) is 17.6 Å². The summed E-state index contributed by atoms with van der Waals surface area (Å²) in [5.74, 6) is 0.0376. The van der Waals surface area contributed by atoms with E-state index >= 15 is 0 Å². The minimum atomic E-state index is -0.360. The Morgan fingerprint density at radius 2 is 2.00 bits per heavy atom. The highest BCUT2D eigenvalue weighted by Crippen LogP contribution is 1.98. The summed E-state index contributed by atoms with van der Waals surface area (Å²) in [6.07, 6.45) is 0.0879. The molecule has 0 radical (unpaired) electrons. The van der Waals surface area contributed by atoms with E-state index < -0.39 is 0 Å². The third kappa shape index (κ3) is 9.48. The molecule has 0 aromatic heterocycles. The van der Waals surface area contributed by atoms with Crippen LogP contribution in [-0.4, -0.2) is 35.7 Å². The Hall–Kier alpha value is -0.610. The maximum Gasteiger partial charge on any atom is 0.221 e. The van der Waals surface area contributed by atoms with E-state index in [2.05, 4.69) is 10.6 Å². The lowest BCUT2D eigenvalue weighted by Gasteiger charge is -2.20. The first-order valence-corrected chi connectivity index (χ1v) is 5.01. The number of aliphatic hydroxyl groups is 1. The highest BCUT2D eigenvalue weighted by Gasteiger charge is 2.12. The van der Waals surface area contributed by atoms with Crippen molar-refractivity contribution in [3.63, 3.8) is 0 Å². The Balaban J connectivity index is 3.46. The van der Waals surface area contributed by atoms with Crippen LogP contribution in [0.2, 0.25) is 0 Å². The second kappa shape index (κ2) is 5.98. The molecule has 0 unspecified atom stereocenters. The van der Waals surface area contributed by atoms with Crippen LogP contribution in [0.15, 0.2) is 0 Å². The topological polar surface area (TPSA) is 61.4 Å². The number of hydrogen-bond donors (Lipinski definition) is 3. The van der Waals surface area contributed by atoms with Crippen molar-refractivity contribution in [2.75, 3.05) is 13.1 Å². The van der Waals surface area contributed by atoms with E-state index in [0.717, 1.165) is 0 Å². The van der Waals surface area contributed by atoms with Gasteiger partial charge in [0.1, 0.15) is 0 Å². The van der Waals surface area contributed by atoms with Crippen LogP contribution in [0.3, 0.4) is 0 Å². The predicted molar refractivity (Wildman–Crippen MR) is 57.1 cm³/mol. The molecule has 14 heavy (non-hydrogen) atoms. The quantitative estimate of drug-likeness (QED) is 0.560. The zero-order valence-corrected chi connectivity index (χ0v) is 9.55. The maximum atomic E-state index is 11.3. The van der Waals surface area contributed by atoms with Crippen molar-refractivity contribution in [3.8, 4) is 0 Å². The van der Waals surface area contributed by atoms with Gasteiger partial charge in [-0.1, -0.05) is 0 Å². The Labute approximate surface area is 86.1 Å². The zero-order valence-electron chi connectivity index (χ0n) is 9.55. The molecule has 4 nitrogen and oxygen atoms in total. The highest BCUT2D eigenvalue weighted by atomic mass is 16.3. The predicted octanol–water partition coefficient (Wildman–Crippen LogP) is 0.262. The van der Waals surface area contributed by atoms with Crippen LogP contribution < -0.4 is 10.6 Å². The Kier molecular flexibility index (Phi) is 5.72. The molecule has 0 fully saturated rings. The number of carbonyl (C=O) groups excluding carboxylic acids is 1. The largest absolute Gasteiger partial charge is 0.392 e. The minimum Gasteiger partial charge on any atom is -0.392 e. The third-order valence-corrected chi connectivity index (χ3v) is 1.48. The van der Waals surface area contributed by atoms with Crippen LogP contribution in [-0.2, 0) is 4.79 Å². The van der Waals surface area contributed by atoms with Crippen molar-refractivity contribution in [1.82, 2.24) is 10.6 Å². The standard InChI is InChI=1S/C10H22N2O2/c1-8(13)7-11-6-5-9(14)12-10(2,3)4/h8,11,13H,5-7H2,1-4H3,(H,12,14)/t8-/m1/s1. The molecule has 4 heteroatoms. The molecular formula is C10H22N2O2. The van der Waals surface area contributed by atoms with Gasteiger partial charge < -0.3 is 15.7 Å². The normalized spacial score (nSPS) is 13.8. The van der Waals surface area contributed by atoms with E-state index in [9.17, 15) is 4.79 Å². The molecular weight excluding hydrogens is 180 g/mol. The fourth-order valence-electron chi connectivity index (χ4n) is 0.994. The SMILES string of the molecule is C[C@@H](O)CNCCC(=O)NC(C)(C)C. The molecule has 1 atom stereocenters. The van der Waals surface area contributed by atoms with Crippen molar-refractivity contribution in [3.05, 3.63) is 0 Å². The Morgan fingerprint density at radius 3 is 2.43 bits per heavy atom. The van der Waals surface area contributed by atoms with Crippen molar-refractivity contribution in [2.45, 2.75) is 45.8 Å². The van der Waals surface area contributed by atoms with E-state index in [1.165, 1.54) is 0 Å². The smallest absolute Gasteiger partial charge is 0.221 e. The second-order valence-corrected chi connectivity index (χ2v) is 4.60. The van der Waals surface area contributed by atoms with Crippen molar-refractivity contribution in [2.24, 2.45) is 0 Å². The second-order valence-electron chi connectivity index (χ2n) is 4.60. The molecule has 0 heterocycles. The fraction of sp³-hybridized carbons (Fsp3) is 0.900. The van der Waals surface area contributed by atoms with Gasteiger partial charge in [-0.05, 0) is 27.7 Å². The van der Waals surface area contributed by atoms with Gasteiger partial charge in [0.25, 0.3) is 0 Å². The van der Waals surface area contributed by atoms with E-state index in [1.54, 1.807) is 6.92 Å². The summed E-state index contributed by atoms with van der Waals surface area (Å²) in [6.45, 7) is 8.70. The van der Waals surface area contributed by atoms with E-state index in [1.807, 2.05) is 20.8 Å². The van der Waals surface area contributed by atoms with Crippen molar-refractivity contribution < 1.29 is 9.90 Å². The fourth-order valence-corrected chi connectivity index (χ4v) is 0.994. The molecule has 0 aliphatic heterocycles. The molecule has 0 aliphatic rings. The van der Waals surface area contributed by atoms with Crippen LogP contribution in [0.25, 0.3) is 0 Å². The molecule has 0 saturated carbocycles. The molecule has 0 spiro atoms. The van der Waals surface area contributed by atoms with E-state index in [4.69, 9.17) is 5.11 Å². The summed E-state index contributed by atoms with van der Waals surface area (Å²) in [5.41, 5.74) is -0.165. The van der Waals surface area contributed by atoms with Crippen LogP contribution >= 0.6 is 0 Å². The lowest BCUT2D eigenvalue weighted by Crippen LogP contribution is -2.41. The molecule has 84 valence electrons. The van der Waals surface area contributed by atoms with Gasteiger partial charge in [0, 0.05) is 25.0 Å². The van der Waals surface area contributed by atoms with Gasteiger partial charge in [0.2, 0.25) is 5.91 Å². The highest BCUT2D eigenvalue weighted by molar-refractivity contribution is 5.76. The summed E-state index contributed by atoms with van der Waals surface area (Å²) >= 11 is 0. The van der Waals surface area contributed by atoms with Gasteiger partial charge in [-0.15, -0.1) is 0 Å². The number of hydrogen-bond acceptors (Lipinski definition) is 3. The number of amides is 1. The van der Waals surface area contributed by atoms with Gasteiger partial charge in [-0.25, -0.2) is 0 Å². The summed E-state index contributed by atoms with van der Waals surface area (Å²) in [5, 5.41) is 14.8. The van der Waals surface area contributed by atoms with Gasteiger partial charge >= 0.3 is 0 Å². The van der Waals surface area contributed by atoms with Crippen LogP contribution in [0.5, 0.6) is 0 Å². The average molecular weight is 202 g/mol. The molecule has 0 aliphatic carbocycles. The monoisotopic (exact) mass is 202 g/mol. The molecule has 0 bridgehead atoms. The molecule has 0 rings (SSSR count). The lowest BCUT2D eigenvalue weighted by molar-refractivity contribution is -0.122. The average Bonchev–Trinajstić information content (AvgIpc) is 1.94. The summed E-state index contributed by atoms with van der Waals surface area (Å²) in [4.78, 5) is 11.3. The van der Waals surface area contributed by atoms with E-state index in [0.29, 0.717) is 19.5 Å². The lowest BCUT2D eigenvalue weighted by atomic mass is 10.1. The maximum absolute atomic E-state index is 11.3. The third-order valence-electron chi connectivity index (χ3n) is 1.48.